The highest BCUT2D eigenvalue weighted by Crippen LogP contribution is 2.27. The fourth-order valence-corrected chi connectivity index (χ4v) is 3.41. The number of thioether (sulfide) groups is 1. The summed E-state index contributed by atoms with van der Waals surface area (Å²) in [5, 5.41) is 9.13. The summed E-state index contributed by atoms with van der Waals surface area (Å²) in [6.45, 7) is 3.94. The first-order valence-electron chi connectivity index (χ1n) is 7.95. The molecule has 25 heavy (non-hydrogen) atoms. The second kappa shape index (κ2) is 7.11. The zero-order valence-electron chi connectivity index (χ0n) is 14.5. The van der Waals surface area contributed by atoms with E-state index >= 15 is 0 Å². The Bertz CT molecular complexity index is 933. The Labute approximate surface area is 151 Å². The molecular weight excluding hydrogens is 332 g/mol. The average molecular weight is 352 g/mol. The number of carbonyl (C=O) groups excluding carboxylic acids is 1. The van der Waals surface area contributed by atoms with E-state index in [-0.39, 0.29) is 5.78 Å². The summed E-state index contributed by atoms with van der Waals surface area (Å²) in [5.74, 6) is 1.11. The number of Topliss-reactive ketones (excluding diaryl/α,β-unsaturated/α-hetero) is 1. The zero-order chi connectivity index (χ0) is 18.0. The molecule has 0 spiro atoms. The molecule has 0 aliphatic rings. The number of nitrogens with zero attached hydrogens (tertiary/aromatic N) is 3. The summed E-state index contributed by atoms with van der Waals surface area (Å²) in [7, 11) is 1.88. The molecule has 0 amide bonds. The van der Waals surface area contributed by atoms with Crippen molar-refractivity contribution in [1.29, 1.82) is 0 Å². The zero-order valence-corrected chi connectivity index (χ0v) is 15.3. The van der Waals surface area contributed by atoms with E-state index < -0.39 is 0 Å². The van der Waals surface area contributed by atoms with Gasteiger partial charge in [0.05, 0.1) is 5.75 Å². The minimum Gasteiger partial charge on any atom is -0.398 e. The second-order valence-electron chi connectivity index (χ2n) is 5.98. The number of hydrogen-bond donors (Lipinski definition) is 1. The lowest BCUT2D eigenvalue weighted by Crippen LogP contribution is -2.06. The molecule has 0 saturated carbocycles. The maximum absolute atomic E-state index is 12.5. The number of nitrogens with two attached hydrogens (primary N) is 1. The van der Waals surface area contributed by atoms with Crippen molar-refractivity contribution in [3.8, 4) is 11.4 Å². The van der Waals surface area contributed by atoms with Gasteiger partial charge in [-0.25, -0.2) is 0 Å². The van der Waals surface area contributed by atoms with Crippen molar-refractivity contribution in [3.63, 3.8) is 0 Å². The van der Waals surface area contributed by atoms with Gasteiger partial charge >= 0.3 is 0 Å². The number of aromatic nitrogens is 3. The minimum atomic E-state index is 0.0926. The molecule has 128 valence electrons. The number of anilines is 1. The van der Waals surface area contributed by atoms with E-state index in [0.29, 0.717) is 22.4 Å². The first-order chi connectivity index (χ1) is 12.0. The third-order valence-corrected chi connectivity index (χ3v) is 5.08. The van der Waals surface area contributed by atoms with Crippen LogP contribution in [0.25, 0.3) is 11.4 Å². The first-order valence-corrected chi connectivity index (χ1v) is 8.93. The van der Waals surface area contributed by atoms with Crippen LogP contribution in [-0.2, 0) is 7.05 Å². The van der Waals surface area contributed by atoms with E-state index in [9.17, 15) is 4.79 Å². The van der Waals surface area contributed by atoms with Crippen molar-refractivity contribution in [2.75, 3.05) is 11.5 Å². The number of benzene rings is 2. The molecule has 5 nitrogen and oxygen atoms in total. The maximum atomic E-state index is 12.5. The predicted octanol–water partition coefficient (Wildman–Crippen LogP) is 3.66. The van der Waals surface area contributed by atoms with Gasteiger partial charge in [-0.05, 0) is 37.6 Å². The number of carbonyl (C=O) groups is 1. The smallest absolute Gasteiger partial charge is 0.191 e. The molecule has 0 aliphatic heterocycles. The van der Waals surface area contributed by atoms with E-state index in [0.717, 1.165) is 22.3 Å². The Morgan fingerprint density at radius 2 is 1.92 bits per heavy atom. The van der Waals surface area contributed by atoms with E-state index in [4.69, 9.17) is 5.73 Å². The number of rotatable bonds is 5. The van der Waals surface area contributed by atoms with Gasteiger partial charge in [0.2, 0.25) is 0 Å². The predicted molar refractivity (Wildman–Crippen MR) is 102 cm³/mol. The van der Waals surface area contributed by atoms with E-state index in [2.05, 4.69) is 10.2 Å². The van der Waals surface area contributed by atoms with Crippen LogP contribution in [0, 0.1) is 13.8 Å². The van der Waals surface area contributed by atoms with Crippen LogP contribution >= 0.6 is 11.8 Å². The first kappa shape index (κ1) is 17.2. The molecule has 3 rings (SSSR count). The van der Waals surface area contributed by atoms with Gasteiger partial charge in [0.25, 0.3) is 0 Å². The van der Waals surface area contributed by atoms with Crippen molar-refractivity contribution >= 4 is 23.2 Å². The fraction of sp³-hybridized carbons (Fsp3) is 0.211. The van der Waals surface area contributed by atoms with Crippen LogP contribution in [0.3, 0.4) is 0 Å². The van der Waals surface area contributed by atoms with Crippen LogP contribution in [0.2, 0.25) is 0 Å². The fourth-order valence-electron chi connectivity index (χ4n) is 2.62. The van der Waals surface area contributed by atoms with Crippen LogP contribution in [0.5, 0.6) is 0 Å². The highest BCUT2D eigenvalue weighted by molar-refractivity contribution is 7.99. The van der Waals surface area contributed by atoms with Crippen molar-refractivity contribution in [3.05, 3.63) is 59.2 Å². The van der Waals surface area contributed by atoms with Gasteiger partial charge in [-0.2, -0.15) is 0 Å². The number of ketones is 1. The summed E-state index contributed by atoms with van der Waals surface area (Å²) in [6.07, 6.45) is 0. The molecule has 2 aromatic carbocycles. The molecule has 0 fully saturated rings. The van der Waals surface area contributed by atoms with Gasteiger partial charge < -0.3 is 10.3 Å². The highest BCUT2D eigenvalue weighted by atomic mass is 32.2. The lowest BCUT2D eigenvalue weighted by Gasteiger charge is -2.07. The molecular formula is C19H20N4OS. The summed E-state index contributed by atoms with van der Waals surface area (Å²) in [6, 6.07) is 13.5. The molecule has 0 saturated heterocycles. The van der Waals surface area contributed by atoms with Gasteiger partial charge in [0.15, 0.2) is 16.8 Å². The normalized spacial score (nSPS) is 10.8. The van der Waals surface area contributed by atoms with Gasteiger partial charge in [-0.3, -0.25) is 4.79 Å². The summed E-state index contributed by atoms with van der Waals surface area (Å²) in [5.41, 5.74) is 10.4. The van der Waals surface area contributed by atoms with Crippen molar-refractivity contribution < 1.29 is 4.79 Å². The van der Waals surface area contributed by atoms with E-state index in [1.807, 2.05) is 67.9 Å². The van der Waals surface area contributed by atoms with Crippen molar-refractivity contribution in [1.82, 2.24) is 14.8 Å². The van der Waals surface area contributed by atoms with Gasteiger partial charge in [0.1, 0.15) is 0 Å². The largest absolute Gasteiger partial charge is 0.398 e. The number of para-hydroxylation sites is 1. The summed E-state index contributed by atoms with van der Waals surface area (Å²) in [4.78, 5) is 12.5. The summed E-state index contributed by atoms with van der Waals surface area (Å²) < 4.78 is 1.87. The van der Waals surface area contributed by atoms with E-state index in [1.54, 1.807) is 0 Å². The molecule has 0 aliphatic carbocycles. The van der Waals surface area contributed by atoms with Crippen LogP contribution in [-0.4, -0.2) is 26.3 Å². The molecule has 1 aromatic heterocycles. The standard InChI is InChI=1S/C19H20N4OS/c1-12-8-9-13(2)15(10-12)17(24)11-25-19-22-21-18(23(19)3)14-6-4-5-7-16(14)20/h4-10H,11,20H2,1-3H3. The topological polar surface area (TPSA) is 73.8 Å². The van der Waals surface area contributed by atoms with Gasteiger partial charge in [-0.1, -0.05) is 41.6 Å². The quantitative estimate of drug-likeness (QED) is 0.431. The SMILES string of the molecule is Cc1ccc(C)c(C(=O)CSc2nnc(-c3ccccc3N)n2C)c1. The minimum absolute atomic E-state index is 0.0926. The maximum Gasteiger partial charge on any atom is 0.191 e. The Kier molecular flexibility index (Phi) is 4.90. The Hall–Kier alpha value is -2.60. The number of aryl methyl sites for hydroxylation is 2. The molecule has 0 unspecified atom stereocenters. The third kappa shape index (κ3) is 3.58. The molecule has 1 heterocycles. The average Bonchev–Trinajstić information content (AvgIpc) is 2.96. The van der Waals surface area contributed by atoms with Crippen LogP contribution < -0.4 is 5.73 Å². The number of hydrogen-bond acceptors (Lipinski definition) is 5. The lowest BCUT2D eigenvalue weighted by molar-refractivity contribution is 0.102. The third-order valence-electron chi connectivity index (χ3n) is 4.06. The van der Waals surface area contributed by atoms with E-state index in [1.165, 1.54) is 11.8 Å². The number of nitrogen functional groups attached to an aromatic ring is 1. The Morgan fingerprint density at radius 1 is 1.16 bits per heavy atom. The lowest BCUT2D eigenvalue weighted by atomic mass is 10.0. The highest BCUT2D eigenvalue weighted by Gasteiger charge is 2.16. The molecule has 0 radical (unpaired) electrons. The van der Waals surface area contributed by atoms with Crippen LogP contribution in [0.15, 0.2) is 47.6 Å². The molecule has 3 aromatic rings. The summed E-state index contributed by atoms with van der Waals surface area (Å²) >= 11 is 1.38. The van der Waals surface area contributed by atoms with Crippen LogP contribution in [0.1, 0.15) is 21.5 Å². The molecule has 6 heteroatoms. The Morgan fingerprint density at radius 3 is 2.68 bits per heavy atom. The van der Waals surface area contributed by atoms with Crippen molar-refractivity contribution in [2.45, 2.75) is 19.0 Å². The monoisotopic (exact) mass is 352 g/mol. The molecule has 2 N–H and O–H groups in total. The molecule has 0 bridgehead atoms. The Balaban J connectivity index is 1.78. The van der Waals surface area contributed by atoms with Crippen LogP contribution in [0.4, 0.5) is 5.69 Å². The molecule has 0 atom stereocenters. The van der Waals surface area contributed by atoms with Crippen molar-refractivity contribution in [2.24, 2.45) is 7.05 Å². The van der Waals surface area contributed by atoms with Gasteiger partial charge in [-0.15, -0.1) is 10.2 Å². The second-order valence-corrected chi connectivity index (χ2v) is 6.93. The van der Waals surface area contributed by atoms with Gasteiger partial charge in [0, 0.05) is 23.9 Å².